The first kappa shape index (κ1) is 13.5. The van der Waals surface area contributed by atoms with E-state index in [0.717, 1.165) is 5.56 Å². The number of carboxylic acids is 1. The monoisotopic (exact) mass is 273 g/mol. The quantitative estimate of drug-likeness (QED) is 0.780. The van der Waals surface area contributed by atoms with Crippen molar-refractivity contribution in [3.05, 3.63) is 47.4 Å². The number of aromatic carboxylic acids is 1. The highest BCUT2D eigenvalue weighted by Gasteiger charge is 2.17. The van der Waals surface area contributed by atoms with Crippen LogP contribution in [0, 0.1) is 6.92 Å². The average molecular weight is 273 g/mol. The summed E-state index contributed by atoms with van der Waals surface area (Å²) in [6.07, 6.45) is 2.47. The van der Waals surface area contributed by atoms with Crippen LogP contribution in [0.2, 0.25) is 0 Å². The molecule has 1 heterocycles. The number of anilines is 1. The average Bonchev–Trinajstić information content (AvgIpc) is 2.38. The Labute approximate surface area is 113 Å². The normalized spacial score (nSPS) is 10.1. The summed E-state index contributed by atoms with van der Waals surface area (Å²) in [5.41, 5.74) is 0.454. The molecule has 7 nitrogen and oxygen atoms in total. The van der Waals surface area contributed by atoms with Crippen molar-refractivity contribution in [2.45, 2.75) is 6.92 Å². The Balaban J connectivity index is 2.30. The lowest BCUT2D eigenvalue weighted by Crippen LogP contribution is -2.17. The molecule has 2 rings (SSSR count). The number of phenolic OH excluding ortho intramolecular Hbond substituents is 1. The molecule has 0 spiro atoms. The summed E-state index contributed by atoms with van der Waals surface area (Å²) < 4.78 is 0. The van der Waals surface area contributed by atoms with Crippen molar-refractivity contribution in [2.75, 3.05) is 5.32 Å². The molecule has 0 aliphatic carbocycles. The lowest BCUT2D eigenvalue weighted by molar-refractivity contribution is 0.0691. The first-order valence-electron chi connectivity index (χ1n) is 5.64. The van der Waals surface area contributed by atoms with Crippen molar-refractivity contribution < 1.29 is 19.8 Å². The molecule has 3 N–H and O–H groups in total. The lowest BCUT2D eigenvalue weighted by Gasteiger charge is -2.08. The second-order valence-electron chi connectivity index (χ2n) is 4.03. The number of benzene rings is 1. The van der Waals surface area contributed by atoms with Crippen LogP contribution < -0.4 is 5.32 Å². The molecule has 0 atom stereocenters. The van der Waals surface area contributed by atoms with Gasteiger partial charge in [0.2, 0.25) is 0 Å². The van der Waals surface area contributed by atoms with Crippen LogP contribution in [-0.4, -0.2) is 32.1 Å². The predicted octanol–water partition coefficient (Wildman–Crippen LogP) is 1.44. The Hall–Kier alpha value is -2.96. The molecule has 0 aliphatic heterocycles. The minimum atomic E-state index is -1.30. The maximum Gasteiger partial charge on any atom is 0.358 e. The number of nitrogens with one attached hydrogen (secondary N) is 1. The highest BCUT2D eigenvalue weighted by atomic mass is 16.4. The fourth-order valence-corrected chi connectivity index (χ4v) is 1.59. The van der Waals surface area contributed by atoms with E-state index in [4.69, 9.17) is 5.11 Å². The molecule has 1 aromatic carbocycles. The number of carbonyl (C=O) groups excluding carboxylic acids is 1. The minimum Gasteiger partial charge on any atom is -0.507 e. The van der Waals surface area contributed by atoms with Gasteiger partial charge in [-0.3, -0.25) is 4.79 Å². The van der Waals surface area contributed by atoms with E-state index in [1.165, 1.54) is 24.5 Å². The molecular formula is C13H11N3O4. The highest BCUT2D eigenvalue weighted by Crippen LogP contribution is 2.20. The first-order chi connectivity index (χ1) is 9.49. The number of hydrogen-bond donors (Lipinski definition) is 3. The predicted molar refractivity (Wildman–Crippen MR) is 69.8 cm³/mol. The number of rotatable bonds is 3. The van der Waals surface area contributed by atoms with Gasteiger partial charge < -0.3 is 15.5 Å². The van der Waals surface area contributed by atoms with Crippen molar-refractivity contribution >= 4 is 17.7 Å². The molecule has 1 aromatic heterocycles. The third kappa shape index (κ3) is 2.72. The molecule has 0 fully saturated rings. The van der Waals surface area contributed by atoms with Crippen LogP contribution in [0.15, 0.2) is 30.6 Å². The van der Waals surface area contributed by atoms with Gasteiger partial charge in [-0.25, -0.2) is 14.8 Å². The van der Waals surface area contributed by atoms with Gasteiger partial charge in [0.1, 0.15) is 5.75 Å². The topological polar surface area (TPSA) is 112 Å². The summed E-state index contributed by atoms with van der Waals surface area (Å²) in [7, 11) is 0. The summed E-state index contributed by atoms with van der Waals surface area (Å²) in [5.74, 6) is -2.33. The smallest absolute Gasteiger partial charge is 0.358 e. The molecule has 2 aromatic rings. The van der Waals surface area contributed by atoms with Gasteiger partial charge in [-0.2, -0.15) is 0 Å². The summed E-state index contributed by atoms with van der Waals surface area (Å²) in [4.78, 5) is 30.3. The second-order valence-corrected chi connectivity index (χ2v) is 4.03. The lowest BCUT2D eigenvalue weighted by atomic mass is 10.1. The molecule has 0 radical (unpaired) electrons. The molecule has 0 aliphatic rings. The number of nitrogens with zero attached hydrogens (tertiary/aromatic N) is 2. The number of aromatic hydroxyl groups is 1. The van der Waals surface area contributed by atoms with Crippen LogP contribution in [0.5, 0.6) is 5.75 Å². The largest absolute Gasteiger partial charge is 0.507 e. The molecule has 0 saturated carbocycles. The van der Waals surface area contributed by atoms with E-state index in [1.54, 1.807) is 13.0 Å². The van der Waals surface area contributed by atoms with E-state index in [2.05, 4.69) is 15.3 Å². The zero-order chi connectivity index (χ0) is 14.7. The third-order valence-corrected chi connectivity index (χ3v) is 2.53. The fraction of sp³-hybridized carbons (Fsp3) is 0.0769. The van der Waals surface area contributed by atoms with Gasteiger partial charge in [-0.1, -0.05) is 6.07 Å². The molecule has 20 heavy (non-hydrogen) atoms. The van der Waals surface area contributed by atoms with E-state index >= 15 is 0 Å². The number of amides is 1. The van der Waals surface area contributed by atoms with E-state index in [0.29, 0.717) is 0 Å². The van der Waals surface area contributed by atoms with Gasteiger partial charge in [0.25, 0.3) is 5.91 Å². The number of aryl methyl sites for hydroxylation is 1. The Morgan fingerprint density at radius 1 is 1.20 bits per heavy atom. The van der Waals surface area contributed by atoms with Crippen LogP contribution >= 0.6 is 0 Å². The van der Waals surface area contributed by atoms with Crippen LogP contribution in [0.1, 0.15) is 26.4 Å². The summed E-state index contributed by atoms with van der Waals surface area (Å²) in [6, 6.07) is 4.53. The maximum absolute atomic E-state index is 12.0. The summed E-state index contributed by atoms with van der Waals surface area (Å²) in [5, 5.41) is 21.0. The highest BCUT2D eigenvalue weighted by molar-refractivity contribution is 6.07. The van der Waals surface area contributed by atoms with Crippen molar-refractivity contribution in [3.8, 4) is 5.75 Å². The van der Waals surface area contributed by atoms with Crippen molar-refractivity contribution in [3.63, 3.8) is 0 Å². The van der Waals surface area contributed by atoms with Crippen LogP contribution in [-0.2, 0) is 0 Å². The first-order valence-corrected chi connectivity index (χ1v) is 5.64. The summed E-state index contributed by atoms with van der Waals surface area (Å²) in [6.45, 7) is 1.77. The molecular weight excluding hydrogens is 262 g/mol. The van der Waals surface area contributed by atoms with Gasteiger partial charge in [0, 0.05) is 12.4 Å². The standard InChI is InChI=1S/C13H11N3O4/c1-7-2-3-8(9(17)6-7)12(18)16-11-10(13(19)20)14-4-5-15-11/h2-6,17H,1H3,(H,19,20)(H,15,16,18). The Morgan fingerprint density at radius 2 is 1.90 bits per heavy atom. The van der Waals surface area contributed by atoms with E-state index in [-0.39, 0.29) is 22.8 Å². The van der Waals surface area contributed by atoms with Gasteiger partial charge in [-0.15, -0.1) is 0 Å². The van der Waals surface area contributed by atoms with Gasteiger partial charge >= 0.3 is 5.97 Å². The SMILES string of the molecule is Cc1ccc(C(=O)Nc2nccnc2C(=O)O)c(O)c1. The minimum absolute atomic E-state index is 0.0255. The van der Waals surface area contributed by atoms with E-state index in [9.17, 15) is 14.7 Å². The van der Waals surface area contributed by atoms with E-state index in [1.807, 2.05) is 0 Å². The molecule has 0 unspecified atom stereocenters. The van der Waals surface area contributed by atoms with Crippen LogP contribution in [0.3, 0.4) is 0 Å². The maximum atomic E-state index is 12.0. The zero-order valence-electron chi connectivity index (χ0n) is 10.5. The Morgan fingerprint density at radius 3 is 2.55 bits per heavy atom. The Bertz CT molecular complexity index is 685. The number of phenols is 1. The van der Waals surface area contributed by atoms with Crippen molar-refractivity contribution in [1.82, 2.24) is 9.97 Å². The molecule has 7 heteroatoms. The molecule has 0 saturated heterocycles. The fourth-order valence-electron chi connectivity index (χ4n) is 1.59. The van der Waals surface area contributed by atoms with Crippen LogP contribution in [0.4, 0.5) is 5.82 Å². The van der Waals surface area contributed by atoms with Gasteiger partial charge in [0.15, 0.2) is 11.5 Å². The number of hydrogen-bond acceptors (Lipinski definition) is 5. The molecule has 0 bridgehead atoms. The molecule has 1 amide bonds. The van der Waals surface area contributed by atoms with E-state index < -0.39 is 11.9 Å². The number of carboxylic acid groups (broad SMARTS) is 1. The summed E-state index contributed by atoms with van der Waals surface area (Å²) >= 11 is 0. The number of carbonyl (C=O) groups is 2. The van der Waals surface area contributed by atoms with Gasteiger partial charge in [-0.05, 0) is 24.6 Å². The van der Waals surface area contributed by atoms with Crippen molar-refractivity contribution in [1.29, 1.82) is 0 Å². The van der Waals surface area contributed by atoms with Crippen molar-refractivity contribution in [2.24, 2.45) is 0 Å². The zero-order valence-corrected chi connectivity index (χ0v) is 10.5. The third-order valence-electron chi connectivity index (χ3n) is 2.53. The van der Waals surface area contributed by atoms with Crippen LogP contribution in [0.25, 0.3) is 0 Å². The second kappa shape index (κ2) is 5.35. The molecule has 102 valence electrons. The number of aromatic nitrogens is 2. The Kier molecular flexibility index (Phi) is 3.60. The van der Waals surface area contributed by atoms with Gasteiger partial charge in [0.05, 0.1) is 5.56 Å².